The van der Waals surface area contributed by atoms with Crippen molar-refractivity contribution in [1.82, 2.24) is 14.5 Å². The fourth-order valence-electron chi connectivity index (χ4n) is 3.16. The van der Waals surface area contributed by atoms with Crippen LogP contribution >= 0.6 is 23.2 Å². The molecule has 2 aromatic carbocycles. The number of pyridine rings is 1. The average molecular weight is 486 g/mol. The van der Waals surface area contributed by atoms with Gasteiger partial charge >= 0.3 is 0 Å². The molecule has 0 atom stereocenters. The lowest BCUT2D eigenvalue weighted by Gasteiger charge is -2.09. The summed E-state index contributed by atoms with van der Waals surface area (Å²) in [4.78, 5) is 21.7. The number of amides is 1. The van der Waals surface area contributed by atoms with E-state index >= 15 is 0 Å². The Morgan fingerprint density at radius 3 is 2.55 bits per heavy atom. The lowest BCUT2D eigenvalue weighted by atomic mass is 10.2. The fraction of sp³-hybridized carbons (Fsp3) is 0.174. The number of halogens is 2. The Morgan fingerprint density at radius 1 is 1.03 bits per heavy atom. The lowest BCUT2D eigenvalue weighted by molar-refractivity contribution is 0.102. The van der Waals surface area contributed by atoms with Crippen molar-refractivity contribution in [3.8, 4) is 5.88 Å². The van der Waals surface area contributed by atoms with Crippen LogP contribution in [0.1, 0.15) is 10.4 Å². The van der Waals surface area contributed by atoms with Crippen LogP contribution in [0.2, 0.25) is 10.0 Å². The molecule has 0 unspecified atom stereocenters. The minimum Gasteiger partial charge on any atom is -0.475 e. The molecule has 4 rings (SSSR count). The lowest BCUT2D eigenvalue weighted by Crippen LogP contribution is -2.13. The van der Waals surface area contributed by atoms with Gasteiger partial charge in [-0.2, -0.15) is 4.98 Å². The Balaban J connectivity index is 1.53. The predicted octanol–water partition coefficient (Wildman–Crippen LogP) is 5.30. The van der Waals surface area contributed by atoms with Crippen LogP contribution in [0.4, 0.5) is 17.5 Å². The summed E-state index contributed by atoms with van der Waals surface area (Å²) >= 11 is 12.5. The monoisotopic (exact) mass is 485 g/mol. The Bertz CT molecular complexity index is 1290. The van der Waals surface area contributed by atoms with Gasteiger partial charge in [0.1, 0.15) is 12.4 Å². The summed E-state index contributed by atoms with van der Waals surface area (Å²) in [6.07, 6.45) is 0. The number of anilines is 3. The van der Waals surface area contributed by atoms with Crippen LogP contribution in [0.25, 0.3) is 11.0 Å². The maximum atomic E-state index is 12.8. The van der Waals surface area contributed by atoms with Crippen molar-refractivity contribution in [2.24, 2.45) is 7.05 Å². The number of fused-ring (bicyclic) bond motifs is 1. The summed E-state index contributed by atoms with van der Waals surface area (Å²) in [5.74, 6) is 1.01. The first kappa shape index (κ1) is 22.8. The molecule has 0 spiro atoms. The van der Waals surface area contributed by atoms with Gasteiger partial charge in [0.25, 0.3) is 5.91 Å². The summed E-state index contributed by atoms with van der Waals surface area (Å²) in [5.41, 5.74) is 2.48. The Morgan fingerprint density at radius 2 is 1.79 bits per heavy atom. The second-order valence-electron chi connectivity index (χ2n) is 7.08. The molecule has 2 heterocycles. The van der Waals surface area contributed by atoms with E-state index in [4.69, 9.17) is 32.7 Å². The van der Waals surface area contributed by atoms with Gasteiger partial charge in [-0.1, -0.05) is 35.3 Å². The summed E-state index contributed by atoms with van der Waals surface area (Å²) in [6, 6.07) is 15.7. The third kappa shape index (κ3) is 5.19. The maximum absolute atomic E-state index is 12.8. The number of nitrogens with one attached hydrogen (secondary N) is 2. The molecule has 170 valence electrons. The van der Waals surface area contributed by atoms with Gasteiger partial charge in [0.15, 0.2) is 0 Å². The minimum absolute atomic E-state index is 0.312. The molecule has 0 saturated carbocycles. The third-order valence-corrected chi connectivity index (χ3v) is 5.48. The molecular formula is C23H21Cl2N5O3. The van der Waals surface area contributed by atoms with Crippen LogP contribution in [-0.4, -0.2) is 40.8 Å². The van der Waals surface area contributed by atoms with Gasteiger partial charge in [0, 0.05) is 25.8 Å². The van der Waals surface area contributed by atoms with Crippen LogP contribution in [0.15, 0.2) is 54.6 Å². The van der Waals surface area contributed by atoms with Crippen molar-refractivity contribution >= 4 is 57.6 Å². The molecule has 0 saturated heterocycles. The van der Waals surface area contributed by atoms with Gasteiger partial charge in [-0.05, 0) is 36.4 Å². The van der Waals surface area contributed by atoms with E-state index in [1.54, 1.807) is 55.6 Å². The highest BCUT2D eigenvalue weighted by atomic mass is 35.5. The van der Waals surface area contributed by atoms with Crippen LogP contribution in [0.3, 0.4) is 0 Å². The highest BCUT2D eigenvalue weighted by Crippen LogP contribution is 2.33. The molecule has 33 heavy (non-hydrogen) atoms. The molecule has 0 radical (unpaired) electrons. The zero-order valence-electron chi connectivity index (χ0n) is 17.9. The Kier molecular flexibility index (Phi) is 6.98. The van der Waals surface area contributed by atoms with Crippen LogP contribution < -0.4 is 15.4 Å². The molecule has 0 bridgehead atoms. The van der Waals surface area contributed by atoms with Crippen LogP contribution in [0.5, 0.6) is 5.88 Å². The molecule has 8 nitrogen and oxygen atoms in total. The second-order valence-corrected chi connectivity index (χ2v) is 7.89. The standard InChI is InChI=1S/C23H21Cl2N5O3/c1-30-18-10-9-14(22(31)28-19-7-4-8-20(27-19)33-12-11-32-2)13-17(18)26-23(30)29-21-15(24)5-3-6-16(21)25/h3-10,13H,11-12H2,1-2H3,(H,26,29)(H,27,28,31). The quantitative estimate of drug-likeness (QED) is 0.329. The van der Waals surface area contributed by atoms with E-state index in [9.17, 15) is 4.79 Å². The molecular weight excluding hydrogens is 465 g/mol. The van der Waals surface area contributed by atoms with Crippen molar-refractivity contribution in [3.05, 3.63) is 70.2 Å². The minimum atomic E-state index is -0.312. The highest BCUT2D eigenvalue weighted by molar-refractivity contribution is 6.39. The molecule has 2 aromatic heterocycles. The summed E-state index contributed by atoms with van der Waals surface area (Å²) in [7, 11) is 3.46. The smallest absolute Gasteiger partial charge is 0.256 e. The number of aryl methyl sites for hydroxylation is 1. The molecule has 0 fully saturated rings. The number of nitrogens with zero attached hydrogens (tertiary/aromatic N) is 3. The first-order chi connectivity index (χ1) is 16.0. The number of carbonyl (C=O) groups excluding carboxylic acids is 1. The van der Waals surface area contributed by atoms with Crippen LogP contribution in [-0.2, 0) is 11.8 Å². The number of rotatable bonds is 8. The third-order valence-electron chi connectivity index (χ3n) is 4.85. The van der Waals surface area contributed by atoms with Crippen LogP contribution in [0, 0.1) is 0 Å². The summed E-state index contributed by atoms with van der Waals surface area (Å²) in [6.45, 7) is 0.814. The number of carbonyl (C=O) groups is 1. The first-order valence-electron chi connectivity index (χ1n) is 10.0. The SMILES string of the molecule is COCCOc1cccc(NC(=O)c2ccc3c(c2)nc(Nc2c(Cl)cccc2Cl)n3C)n1. The number of imidazole rings is 1. The summed E-state index contributed by atoms with van der Waals surface area (Å²) in [5, 5.41) is 6.92. The van der Waals surface area contributed by atoms with Crippen molar-refractivity contribution < 1.29 is 14.3 Å². The van der Waals surface area contributed by atoms with E-state index in [-0.39, 0.29) is 5.91 Å². The van der Waals surface area contributed by atoms with E-state index in [2.05, 4.69) is 20.6 Å². The molecule has 10 heteroatoms. The van der Waals surface area contributed by atoms with Gasteiger partial charge in [0.05, 0.1) is 33.4 Å². The van der Waals surface area contributed by atoms with Crippen molar-refractivity contribution in [3.63, 3.8) is 0 Å². The van der Waals surface area contributed by atoms with Crippen molar-refractivity contribution in [2.45, 2.75) is 0 Å². The number of hydrogen-bond donors (Lipinski definition) is 2. The van der Waals surface area contributed by atoms with Crippen molar-refractivity contribution in [1.29, 1.82) is 0 Å². The Labute approximate surface area is 200 Å². The number of hydrogen-bond acceptors (Lipinski definition) is 6. The van der Waals surface area contributed by atoms with E-state index in [1.165, 1.54) is 0 Å². The number of para-hydroxylation sites is 1. The van der Waals surface area contributed by atoms with Crippen molar-refractivity contribution in [2.75, 3.05) is 31.0 Å². The molecule has 2 N–H and O–H groups in total. The van der Waals surface area contributed by atoms with Gasteiger partial charge in [-0.15, -0.1) is 0 Å². The molecule has 0 aliphatic carbocycles. The molecule has 1 amide bonds. The molecule has 0 aliphatic rings. The van der Waals surface area contributed by atoms with Gasteiger partial charge < -0.3 is 24.7 Å². The Hall–Kier alpha value is -3.33. The van der Waals surface area contributed by atoms with Gasteiger partial charge in [-0.3, -0.25) is 4.79 Å². The first-order valence-corrected chi connectivity index (χ1v) is 10.8. The number of methoxy groups -OCH3 is 1. The van der Waals surface area contributed by atoms with E-state index in [0.717, 1.165) is 5.52 Å². The largest absolute Gasteiger partial charge is 0.475 e. The zero-order valence-corrected chi connectivity index (χ0v) is 19.4. The maximum Gasteiger partial charge on any atom is 0.256 e. The van der Waals surface area contributed by atoms with E-state index in [1.807, 2.05) is 17.7 Å². The highest BCUT2D eigenvalue weighted by Gasteiger charge is 2.15. The average Bonchev–Trinajstić information content (AvgIpc) is 3.11. The number of benzene rings is 2. The zero-order chi connectivity index (χ0) is 23.4. The summed E-state index contributed by atoms with van der Waals surface area (Å²) < 4.78 is 12.3. The second kappa shape index (κ2) is 10.1. The predicted molar refractivity (Wildman–Crippen MR) is 130 cm³/mol. The number of aromatic nitrogens is 3. The van der Waals surface area contributed by atoms with Gasteiger partial charge in [-0.25, -0.2) is 4.98 Å². The van der Waals surface area contributed by atoms with Gasteiger partial charge in [0.2, 0.25) is 11.8 Å². The molecule has 4 aromatic rings. The topological polar surface area (TPSA) is 90.3 Å². The van der Waals surface area contributed by atoms with E-state index in [0.29, 0.717) is 57.7 Å². The number of ether oxygens (including phenoxy) is 2. The fourth-order valence-corrected chi connectivity index (χ4v) is 3.66. The van der Waals surface area contributed by atoms with E-state index < -0.39 is 0 Å². The molecule has 0 aliphatic heterocycles. The normalized spacial score (nSPS) is 10.9.